The van der Waals surface area contributed by atoms with Crippen molar-refractivity contribution in [3.05, 3.63) is 91.0 Å². The van der Waals surface area contributed by atoms with Crippen molar-refractivity contribution in [2.45, 2.75) is 33.3 Å². The van der Waals surface area contributed by atoms with Crippen LogP contribution in [0, 0.1) is 0 Å². The van der Waals surface area contributed by atoms with Crippen LogP contribution in [0.2, 0.25) is 0 Å². The summed E-state index contributed by atoms with van der Waals surface area (Å²) in [6.07, 6.45) is -1.29. The third-order valence-electron chi connectivity index (χ3n) is 4.57. The van der Waals surface area contributed by atoms with Gasteiger partial charge in [-0.05, 0) is 61.0 Å². The number of rotatable bonds is 13. The first-order valence-electron chi connectivity index (χ1n) is 13.5. The van der Waals surface area contributed by atoms with Gasteiger partial charge in [-0.2, -0.15) is 0 Å². The molecule has 13 nitrogen and oxygen atoms in total. The molecule has 20 heteroatoms. The SMILES string of the molecule is C.CCOC(=O)C(CCC(N)=O)OP(C)(=O)Oc1ccccc1.CP(=O)(Cl)Oc1ccccc1.CP(=O)(O)Oc1ccccc1.O=S(Cl)Cl. The van der Waals surface area contributed by atoms with Crippen molar-refractivity contribution in [1.82, 2.24) is 0 Å². The molecule has 1 amide bonds. The number of esters is 1. The lowest BCUT2D eigenvalue weighted by atomic mass is 10.2. The van der Waals surface area contributed by atoms with E-state index in [0.717, 1.165) is 6.66 Å². The number of amides is 1. The minimum atomic E-state index is -3.56. The second-order valence-electron chi connectivity index (χ2n) is 9.07. The molecule has 3 N–H and O–H groups in total. The van der Waals surface area contributed by atoms with Crippen molar-refractivity contribution in [2.24, 2.45) is 5.73 Å². The molecule has 0 radical (unpaired) electrons. The van der Waals surface area contributed by atoms with Gasteiger partial charge in [0, 0.05) is 47.8 Å². The summed E-state index contributed by atoms with van der Waals surface area (Å²) in [7, 11) is 0.409. The highest BCUT2D eigenvalue weighted by Crippen LogP contribution is 2.48. The van der Waals surface area contributed by atoms with Crippen molar-refractivity contribution in [3.8, 4) is 17.2 Å². The maximum absolute atomic E-state index is 12.4. The van der Waals surface area contributed by atoms with Crippen molar-refractivity contribution >= 4 is 75.6 Å². The van der Waals surface area contributed by atoms with Gasteiger partial charge in [0.25, 0.3) is 0 Å². The Morgan fingerprint density at radius 3 is 1.49 bits per heavy atom. The van der Waals surface area contributed by atoms with Gasteiger partial charge in [-0.25, -0.2) is 18.1 Å². The van der Waals surface area contributed by atoms with Crippen LogP contribution in [0.1, 0.15) is 27.2 Å². The van der Waals surface area contributed by atoms with Crippen LogP contribution in [-0.2, 0) is 41.8 Å². The van der Waals surface area contributed by atoms with Gasteiger partial charge in [0.1, 0.15) is 17.2 Å². The van der Waals surface area contributed by atoms with Gasteiger partial charge >= 0.3 is 27.9 Å². The molecule has 3 rings (SSSR count). The Hall–Kier alpha value is -2.37. The van der Waals surface area contributed by atoms with E-state index in [9.17, 15) is 23.3 Å². The fourth-order valence-electron chi connectivity index (χ4n) is 2.99. The number of carbonyl (C=O) groups is 2. The van der Waals surface area contributed by atoms with Crippen LogP contribution in [0.5, 0.6) is 17.2 Å². The van der Waals surface area contributed by atoms with Crippen molar-refractivity contribution in [3.63, 3.8) is 0 Å². The van der Waals surface area contributed by atoms with Crippen LogP contribution in [-0.4, -0.2) is 53.7 Å². The standard InChI is InChI=1S/C14H20NO6P.C7H8ClO2P.C7H9O3P.CH4.Cl2OS/c1-3-19-14(17)12(9-10-13(15)16)21-22(2,18)20-11-7-5-4-6-8-11;2*1-11(8,9)10-7-5-3-2-4-6-7;;1-4(2)3/h4-8,12H,3,9-10H2,1-2H3,(H2,15,16);2-6H,1H3;2-6H,1H3,(H,8,9);1H4;. The number of carbonyl (C=O) groups excluding carboxylic acids is 2. The first-order valence-corrected chi connectivity index (χ1v) is 23.3. The zero-order valence-electron chi connectivity index (χ0n) is 26.3. The minimum Gasteiger partial charge on any atom is -0.464 e. The molecule has 0 spiro atoms. The third-order valence-corrected chi connectivity index (χ3v) is 7.04. The summed E-state index contributed by atoms with van der Waals surface area (Å²) in [6, 6.07) is 25.8. The number of primary amides is 1. The highest BCUT2D eigenvalue weighted by atomic mass is 36.0. The Morgan fingerprint density at radius 1 is 0.796 bits per heavy atom. The smallest absolute Gasteiger partial charge is 0.376 e. The van der Waals surface area contributed by atoms with Crippen LogP contribution in [0.4, 0.5) is 0 Å². The summed E-state index contributed by atoms with van der Waals surface area (Å²) < 4.78 is 68.1. The van der Waals surface area contributed by atoms with Crippen LogP contribution < -0.4 is 19.3 Å². The van der Waals surface area contributed by atoms with Crippen molar-refractivity contribution in [1.29, 1.82) is 0 Å². The first kappa shape index (κ1) is 48.7. The van der Waals surface area contributed by atoms with Crippen LogP contribution in [0.3, 0.4) is 0 Å². The maximum atomic E-state index is 12.4. The van der Waals surface area contributed by atoms with Crippen molar-refractivity contribution < 1.29 is 55.2 Å². The molecule has 0 bridgehead atoms. The number of para-hydroxylation sites is 3. The summed E-state index contributed by atoms with van der Waals surface area (Å²) in [5.41, 5.74) is 5.06. The molecule has 0 aromatic heterocycles. The summed E-state index contributed by atoms with van der Waals surface area (Å²) in [5, 5.41) is 0. The third kappa shape index (κ3) is 30.2. The lowest BCUT2D eigenvalue weighted by molar-refractivity contribution is -0.152. The molecular weight excluding hydrogens is 786 g/mol. The Balaban J connectivity index is 0. The molecule has 0 aliphatic carbocycles. The van der Waals surface area contributed by atoms with Crippen molar-refractivity contribution in [2.75, 3.05) is 26.6 Å². The number of hydrogen-bond acceptors (Lipinski definition) is 11. The largest absolute Gasteiger partial charge is 0.464 e. The summed E-state index contributed by atoms with van der Waals surface area (Å²) in [4.78, 5) is 31.5. The van der Waals surface area contributed by atoms with E-state index in [1.165, 1.54) is 13.3 Å². The average molecular weight is 827 g/mol. The summed E-state index contributed by atoms with van der Waals surface area (Å²) >= 11 is 5.40. The average Bonchev–Trinajstić information content (AvgIpc) is 2.95. The van der Waals surface area contributed by atoms with E-state index < -0.39 is 49.1 Å². The lowest BCUT2D eigenvalue weighted by Gasteiger charge is -2.21. The second kappa shape index (κ2) is 25.6. The van der Waals surface area contributed by atoms with Crippen LogP contribution in [0.15, 0.2) is 91.0 Å². The van der Waals surface area contributed by atoms with E-state index >= 15 is 0 Å². The fourth-order valence-corrected chi connectivity index (χ4v) is 5.45. The van der Waals surface area contributed by atoms with Gasteiger partial charge in [0.2, 0.25) is 15.1 Å². The molecule has 0 fully saturated rings. The predicted molar refractivity (Wildman–Crippen MR) is 196 cm³/mol. The Labute approximate surface area is 303 Å². The topological polar surface area (TPSA) is 195 Å². The summed E-state index contributed by atoms with van der Waals surface area (Å²) in [5.74, 6) is 0.00954. The number of benzene rings is 3. The molecule has 3 aromatic carbocycles. The molecule has 49 heavy (non-hydrogen) atoms. The number of nitrogens with two attached hydrogens (primary N) is 1. The van der Waals surface area contributed by atoms with Gasteiger partial charge in [-0.3, -0.25) is 13.9 Å². The van der Waals surface area contributed by atoms with E-state index in [-0.39, 0.29) is 26.9 Å². The quantitative estimate of drug-likeness (QED) is 0.0946. The molecule has 4 atom stereocenters. The highest BCUT2D eigenvalue weighted by Gasteiger charge is 2.31. The molecular formula is C29H41Cl3NO12P3S. The normalized spacial score (nSPS) is 14.2. The molecule has 0 heterocycles. The van der Waals surface area contributed by atoms with Gasteiger partial charge in [-0.1, -0.05) is 62.0 Å². The van der Waals surface area contributed by atoms with E-state index in [1.54, 1.807) is 85.8 Å². The van der Waals surface area contributed by atoms with E-state index in [4.69, 9.17) is 48.9 Å². The molecule has 4 unspecified atom stereocenters. The fraction of sp³-hybridized carbons (Fsp3) is 0.310. The lowest BCUT2D eigenvalue weighted by Crippen LogP contribution is -2.28. The molecule has 276 valence electrons. The highest BCUT2D eigenvalue weighted by molar-refractivity contribution is 8.26. The van der Waals surface area contributed by atoms with Gasteiger partial charge in [0.05, 0.1) is 6.61 Å². The monoisotopic (exact) mass is 825 g/mol. The van der Waals surface area contributed by atoms with Gasteiger partial charge in [-0.15, -0.1) is 0 Å². The van der Waals surface area contributed by atoms with Crippen LogP contribution in [0.25, 0.3) is 0 Å². The Morgan fingerprint density at radius 2 is 1.16 bits per heavy atom. The predicted octanol–water partition coefficient (Wildman–Crippen LogP) is 8.79. The molecule has 3 aromatic rings. The Bertz CT molecular complexity index is 1470. The molecule has 0 aliphatic heterocycles. The number of ether oxygens (including phenoxy) is 1. The van der Waals surface area contributed by atoms with Crippen LogP contribution >= 0.6 is 54.5 Å². The molecule has 0 aliphatic rings. The zero-order chi connectivity index (χ0) is 36.8. The van der Waals surface area contributed by atoms with Gasteiger partial charge in [0.15, 0.2) is 6.10 Å². The second-order valence-corrected chi connectivity index (χ2v) is 18.8. The van der Waals surface area contributed by atoms with E-state index in [0.29, 0.717) is 17.2 Å². The van der Waals surface area contributed by atoms with E-state index in [1.807, 2.05) is 12.1 Å². The van der Waals surface area contributed by atoms with Gasteiger partial charge < -0.3 is 28.9 Å². The maximum Gasteiger partial charge on any atom is 0.376 e. The summed E-state index contributed by atoms with van der Waals surface area (Å²) in [6.45, 7) is 2.62. The first-order chi connectivity index (χ1) is 22.2. The minimum absolute atomic E-state index is 0. The number of hydrogen-bond donors (Lipinski definition) is 2. The number of halogens is 3. The Kier molecular flexibility index (Phi) is 25.4. The zero-order valence-corrected chi connectivity index (χ0v) is 32.0. The van der Waals surface area contributed by atoms with E-state index in [2.05, 4.69) is 21.4 Å². The molecule has 0 saturated carbocycles. The molecule has 0 saturated heterocycles.